The Balaban J connectivity index is 1.95. The highest BCUT2D eigenvalue weighted by Crippen LogP contribution is 2.40. The molecule has 0 aliphatic carbocycles. The summed E-state index contributed by atoms with van der Waals surface area (Å²) in [6, 6.07) is 16.5. The van der Waals surface area contributed by atoms with Crippen LogP contribution in [0.3, 0.4) is 0 Å². The van der Waals surface area contributed by atoms with Gasteiger partial charge < -0.3 is 4.74 Å². The summed E-state index contributed by atoms with van der Waals surface area (Å²) in [5.41, 5.74) is 4.11. The molecule has 0 atom stereocenters. The van der Waals surface area contributed by atoms with Crippen molar-refractivity contribution in [2.45, 2.75) is 20.3 Å². The molecule has 136 valence electrons. The van der Waals surface area contributed by atoms with E-state index in [1.807, 2.05) is 38.1 Å². The van der Waals surface area contributed by atoms with Gasteiger partial charge in [-0.3, -0.25) is 0 Å². The highest BCUT2D eigenvalue weighted by atomic mass is 32.1. The smallest absolute Gasteiger partial charge is 0.348 e. The van der Waals surface area contributed by atoms with Crippen molar-refractivity contribution in [2.75, 3.05) is 6.61 Å². The van der Waals surface area contributed by atoms with Crippen LogP contribution in [-0.4, -0.2) is 17.6 Å². The number of rotatable bonds is 5. The first kappa shape index (κ1) is 17.9. The van der Waals surface area contributed by atoms with Crippen molar-refractivity contribution in [1.29, 1.82) is 0 Å². The molecule has 0 N–H and O–H groups in total. The SMILES string of the molecule is CCCOC(=O)c1sc2nc(-c3cccs3)cc(-c3ccccc3)c2c1C. The maximum Gasteiger partial charge on any atom is 0.348 e. The number of thiophene rings is 2. The molecule has 4 aromatic rings. The molecule has 0 bridgehead atoms. The first-order chi connectivity index (χ1) is 13.2. The molecule has 3 nitrogen and oxygen atoms in total. The van der Waals surface area contributed by atoms with Gasteiger partial charge in [0.1, 0.15) is 9.71 Å². The molecule has 1 aromatic carbocycles. The lowest BCUT2D eigenvalue weighted by Crippen LogP contribution is -2.05. The third kappa shape index (κ3) is 3.40. The first-order valence-electron chi connectivity index (χ1n) is 8.89. The second-order valence-corrected chi connectivity index (χ2v) is 8.22. The van der Waals surface area contributed by atoms with Crippen molar-refractivity contribution in [3.05, 3.63) is 64.4 Å². The Kier molecular flexibility index (Phi) is 5.05. The number of aryl methyl sites for hydroxylation is 1. The van der Waals surface area contributed by atoms with Crippen molar-refractivity contribution >= 4 is 38.9 Å². The molecular weight excluding hydrogens is 374 g/mol. The number of hydrogen-bond donors (Lipinski definition) is 0. The monoisotopic (exact) mass is 393 g/mol. The number of carbonyl (C=O) groups excluding carboxylic acids is 1. The van der Waals surface area contributed by atoms with E-state index < -0.39 is 0 Å². The van der Waals surface area contributed by atoms with E-state index in [0.29, 0.717) is 11.5 Å². The van der Waals surface area contributed by atoms with Gasteiger partial charge in [0.25, 0.3) is 0 Å². The molecular formula is C22H19NO2S2. The molecule has 3 aromatic heterocycles. The lowest BCUT2D eigenvalue weighted by atomic mass is 9.99. The third-order valence-electron chi connectivity index (χ3n) is 4.38. The van der Waals surface area contributed by atoms with Gasteiger partial charge in [-0.25, -0.2) is 9.78 Å². The van der Waals surface area contributed by atoms with Crippen LogP contribution in [-0.2, 0) is 4.74 Å². The van der Waals surface area contributed by atoms with E-state index in [1.165, 1.54) is 11.3 Å². The molecule has 0 aliphatic heterocycles. The predicted octanol–water partition coefficient (Wildman–Crippen LogP) is 6.57. The first-order valence-corrected chi connectivity index (χ1v) is 10.6. The van der Waals surface area contributed by atoms with Crippen LogP contribution in [0.4, 0.5) is 0 Å². The van der Waals surface area contributed by atoms with E-state index in [0.717, 1.165) is 43.9 Å². The fraction of sp³-hybridized carbons (Fsp3) is 0.182. The number of hydrogen-bond acceptors (Lipinski definition) is 5. The number of benzene rings is 1. The minimum Gasteiger partial charge on any atom is -0.462 e. The van der Waals surface area contributed by atoms with E-state index >= 15 is 0 Å². The van der Waals surface area contributed by atoms with Crippen molar-refractivity contribution in [1.82, 2.24) is 4.98 Å². The summed E-state index contributed by atoms with van der Waals surface area (Å²) in [5, 5.41) is 3.09. The average molecular weight is 394 g/mol. The van der Waals surface area contributed by atoms with Crippen LogP contribution in [0.5, 0.6) is 0 Å². The van der Waals surface area contributed by atoms with E-state index in [4.69, 9.17) is 9.72 Å². The summed E-state index contributed by atoms with van der Waals surface area (Å²) < 4.78 is 5.38. The molecule has 0 amide bonds. The van der Waals surface area contributed by atoms with Crippen LogP contribution in [0, 0.1) is 6.92 Å². The zero-order valence-electron chi connectivity index (χ0n) is 15.2. The van der Waals surface area contributed by atoms with Crippen LogP contribution in [0.15, 0.2) is 53.9 Å². The maximum absolute atomic E-state index is 12.5. The van der Waals surface area contributed by atoms with Crippen LogP contribution in [0.25, 0.3) is 31.9 Å². The molecule has 0 radical (unpaired) electrons. The van der Waals surface area contributed by atoms with Gasteiger partial charge in [0.2, 0.25) is 0 Å². The lowest BCUT2D eigenvalue weighted by Gasteiger charge is -2.08. The van der Waals surface area contributed by atoms with Gasteiger partial charge in [-0.2, -0.15) is 0 Å². The fourth-order valence-corrected chi connectivity index (χ4v) is 4.88. The van der Waals surface area contributed by atoms with Crippen molar-refractivity contribution in [2.24, 2.45) is 0 Å². The molecule has 0 fully saturated rings. The third-order valence-corrected chi connectivity index (χ3v) is 6.44. The minimum absolute atomic E-state index is 0.256. The molecule has 27 heavy (non-hydrogen) atoms. The quantitative estimate of drug-likeness (QED) is 0.360. The Hall–Kier alpha value is -2.50. The van der Waals surface area contributed by atoms with E-state index in [2.05, 4.69) is 29.6 Å². The largest absolute Gasteiger partial charge is 0.462 e. The van der Waals surface area contributed by atoms with Gasteiger partial charge in [-0.05, 0) is 47.5 Å². The maximum atomic E-state index is 12.5. The Morgan fingerprint density at radius 2 is 1.96 bits per heavy atom. The number of fused-ring (bicyclic) bond motifs is 1. The summed E-state index contributed by atoms with van der Waals surface area (Å²) in [6.45, 7) is 4.42. The molecule has 0 unspecified atom stereocenters. The number of ether oxygens (including phenoxy) is 1. The summed E-state index contributed by atoms with van der Waals surface area (Å²) in [5.74, 6) is -0.256. The average Bonchev–Trinajstić information content (AvgIpc) is 3.35. The number of aromatic nitrogens is 1. The molecule has 0 saturated heterocycles. The Labute approximate surface area is 166 Å². The number of pyridine rings is 1. The minimum atomic E-state index is -0.256. The Bertz CT molecular complexity index is 1080. The summed E-state index contributed by atoms with van der Waals surface area (Å²) in [4.78, 5) is 20.0. The zero-order valence-corrected chi connectivity index (χ0v) is 16.8. The van der Waals surface area contributed by atoms with Crippen LogP contribution < -0.4 is 0 Å². The molecule has 3 heterocycles. The highest BCUT2D eigenvalue weighted by molar-refractivity contribution is 7.20. The van der Waals surface area contributed by atoms with Gasteiger partial charge in [-0.15, -0.1) is 22.7 Å². The van der Waals surface area contributed by atoms with Crippen molar-refractivity contribution < 1.29 is 9.53 Å². The number of esters is 1. The molecule has 0 saturated carbocycles. The zero-order chi connectivity index (χ0) is 18.8. The topological polar surface area (TPSA) is 39.2 Å². The van der Waals surface area contributed by atoms with Gasteiger partial charge >= 0.3 is 5.97 Å². The van der Waals surface area contributed by atoms with Crippen LogP contribution in [0.2, 0.25) is 0 Å². The van der Waals surface area contributed by atoms with Gasteiger partial charge in [0.05, 0.1) is 17.2 Å². The summed E-state index contributed by atoms with van der Waals surface area (Å²) in [7, 11) is 0. The summed E-state index contributed by atoms with van der Waals surface area (Å²) in [6.07, 6.45) is 0.811. The lowest BCUT2D eigenvalue weighted by molar-refractivity contribution is 0.0510. The van der Waals surface area contributed by atoms with Crippen molar-refractivity contribution in [3.63, 3.8) is 0 Å². The normalized spacial score (nSPS) is 11.0. The molecule has 0 aliphatic rings. The van der Waals surface area contributed by atoms with E-state index in [1.54, 1.807) is 11.3 Å². The standard InChI is InChI=1S/C22H19NO2S2/c1-3-11-25-22(24)20-14(2)19-16(15-8-5-4-6-9-15)13-17(23-21(19)27-20)18-10-7-12-26-18/h4-10,12-13H,3,11H2,1-2H3. The Morgan fingerprint density at radius 1 is 1.15 bits per heavy atom. The second kappa shape index (κ2) is 7.62. The molecule has 5 heteroatoms. The highest BCUT2D eigenvalue weighted by Gasteiger charge is 2.21. The van der Waals surface area contributed by atoms with E-state index in [-0.39, 0.29) is 5.97 Å². The summed E-state index contributed by atoms with van der Waals surface area (Å²) >= 11 is 3.09. The molecule has 0 spiro atoms. The Morgan fingerprint density at radius 3 is 2.67 bits per heavy atom. The molecule has 4 rings (SSSR count). The van der Waals surface area contributed by atoms with Crippen molar-refractivity contribution in [3.8, 4) is 21.7 Å². The van der Waals surface area contributed by atoms with E-state index in [9.17, 15) is 4.79 Å². The van der Waals surface area contributed by atoms with Gasteiger partial charge in [0, 0.05) is 5.39 Å². The van der Waals surface area contributed by atoms with Crippen LogP contribution in [0.1, 0.15) is 28.6 Å². The fourth-order valence-electron chi connectivity index (χ4n) is 3.10. The second-order valence-electron chi connectivity index (χ2n) is 6.27. The van der Waals surface area contributed by atoms with Gasteiger partial charge in [0.15, 0.2) is 0 Å². The van der Waals surface area contributed by atoms with Crippen LogP contribution >= 0.6 is 22.7 Å². The number of nitrogens with zero attached hydrogens (tertiary/aromatic N) is 1. The van der Waals surface area contributed by atoms with Gasteiger partial charge in [-0.1, -0.05) is 43.3 Å². The number of carbonyl (C=O) groups is 1. The predicted molar refractivity (Wildman–Crippen MR) is 114 cm³/mol.